The molecule has 1 aromatic carbocycles. The number of aromatic nitrogens is 3. The zero-order valence-electron chi connectivity index (χ0n) is 19.3. The molecule has 2 saturated heterocycles. The highest BCUT2D eigenvalue weighted by Crippen LogP contribution is 2.37. The van der Waals surface area contributed by atoms with Crippen LogP contribution in [0.2, 0.25) is 0 Å². The van der Waals surface area contributed by atoms with Gasteiger partial charge in [-0.05, 0) is 57.2 Å². The van der Waals surface area contributed by atoms with E-state index in [0.29, 0.717) is 25.1 Å². The standard InChI is InChI=1S/C25H29FN6OS/c1-27-17-3-6-31(7-4-17)15-18-14-22-23(34-18)25(32-8-10-33-11-9-32)30-24(29-22)20-12-16(26)13-21-19(20)2-5-28-21/h2,5,12-14,17,27-28H,3-4,6-11,15H2,1H3. The molecule has 5 heterocycles. The number of hydrogen-bond donors (Lipinski definition) is 2. The van der Waals surface area contributed by atoms with Gasteiger partial charge in [-0.25, -0.2) is 14.4 Å². The average molecular weight is 481 g/mol. The number of anilines is 1. The molecule has 3 aromatic heterocycles. The van der Waals surface area contributed by atoms with Gasteiger partial charge in [-0.2, -0.15) is 0 Å². The molecule has 0 aliphatic carbocycles. The lowest BCUT2D eigenvalue weighted by molar-refractivity contribution is 0.122. The number of nitrogens with zero attached hydrogens (tertiary/aromatic N) is 4. The quantitative estimate of drug-likeness (QED) is 0.450. The maximum Gasteiger partial charge on any atom is 0.163 e. The molecule has 4 aromatic rings. The Balaban J connectivity index is 1.41. The Bertz CT molecular complexity index is 1310. The summed E-state index contributed by atoms with van der Waals surface area (Å²) in [4.78, 5) is 19.2. The van der Waals surface area contributed by atoms with Gasteiger partial charge in [0, 0.05) is 53.2 Å². The molecule has 0 radical (unpaired) electrons. The molecular weight excluding hydrogens is 451 g/mol. The summed E-state index contributed by atoms with van der Waals surface area (Å²) >= 11 is 1.79. The zero-order valence-corrected chi connectivity index (χ0v) is 20.1. The molecule has 0 spiro atoms. The number of piperidine rings is 1. The van der Waals surface area contributed by atoms with E-state index in [1.54, 1.807) is 17.4 Å². The molecule has 0 bridgehead atoms. The molecule has 178 valence electrons. The number of halogens is 1. The van der Waals surface area contributed by atoms with E-state index in [4.69, 9.17) is 14.7 Å². The van der Waals surface area contributed by atoms with Gasteiger partial charge in [0.05, 0.1) is 23.4 Å². The van der Waals surface area contributed by atoms with Crippen LogP contribution in [-0.2, 0) is 11.3 Å². The number of benzene rings is 1. The Kier molecular flexibility index (Phi) is 5.94. The van der Waals surface area contributed by atoms with Gasteiger partial charge >= 0.3 is 0 Å². The minimum atomic E-state index is -0.294. The second-order valence-electron chi connectivity index (χ2n) is 9.13. The van der Waals surface area contributed by atoms with Gasteiger partial charge in [0.1, 0.15) is 5.82 Å². The smallest absolute Gasteiger partial charge is 0.163 e. The molecule has 2 aliphatic heterocycles. The monoisotopic (exact) mass is 480 g/mol. The molecule has 2 aliphatic rings. The fourth-order valence-electron chi connectivity index (χ4n) is 5.07. The van der Waals surface area contributed by atoms with E-state index in [-0.39, 0.29) is 5.82 Å². The van der Waals surface area contributed by atoms with Crippen LogP contribution in [0.25, 0.3) is 32.5 Å². The average Bonchev–Trinajstić information content (AvgIpc) is 3.50. The predicted molar refractivity (Wildman–Crippen MR) is 135 cm³/mol. The zero-order chi connectivity index (χ0) is 23.1. The molecule has 2 N–H and O–H groups in total. The van der Waals surface area contributed by atoms with Crippen molar-refractivity contribution in [3.63, 3.8) is 0 Å². The Morgan fingerprint density at radius 3 is 2.76 bits per heavy atom. The van der Waals surface area contributed by atoms with Crippen LogP contribution in [0, 0.1) is 5.82 Å². The van der Waals surface area contributed by atoms with Gasteiger partial charge in [-0.1, -0.05) is 0 Å². The third-order valence-corrected chi connectivity index (χ3v) is 8.07. The summed E-state index contributed by atoms with van der Waals surface area (Å²) in [6.07, 6.45) is 4.18. The molecule has 0 saturated carbocycles. The van der Waals surface area contributed by atoms with Crippen LogP contribution in [0.1, 0.15) is 17.7 Å². The van der Waals surface area contributed by atoms with Crippen molar-refractivity contribution < 1.29 is 9.13 Å². The second kappa shape index (κ2) is 9.22. The van der Waals surface area contributed by atoms with E-state index in [2.05, 4.69) is 33.2 Å². The number of morpholine rings is 1. The Morgan fingerprint density at radius 1 is 1.15 bits per heavy atom. The third kappa shape index (κ3) is 4.17. The molecule has 7 nitrogen and oxygen atoms in total. The number of nitrogens with one attached hydrogen (secondary N) is 2. The first kappa shape index (κ1) is 21.9. The molecule has 34 heavy (non-hydrogen) atoms. The van der Waals surface area contributed by atoms with E-state index in [0.717, 1.165) is 65.2 Å². The van der Waals surface area contributed by atoms with Gasteiger partial charge in [0.2, 0.25) is 0 Å². The van der Waals surface area contributed by atoms with Gasteiger partial charge in [0.25, 0.3) is 0 Å². The topological polar surface area (TPSA) is 69.3 Å². The first-order valence-electron chi connectivity index (χ1n) is 12.0. The van der Waals surface area contributed by atoms with Gasteiger partial charge in [0.15, 0.2) is 11.6 Å². The summed E-state index contributed by atoms with van der Waals surface area (Å²) in [6.45, 7) is 6.07. The molecule has 0 amide bonds. The number of H-pyrrole nitrogens is 1. The van der Waals surface area contributed by atoms with Crippen LogP contribution >= 0.6 is 11.3 Å². The van der Waals surface area contributed by atoms with Gasteiger partial charge in [-0.3, -0.25) is 4.90 Å². The largest absolute Gasteiger partial charge is 0.378 e. The fraction of sp³-hybridized carbons (Fsp3) is 0.440. The van der Waals surface area contributed by atoms with Crippen molar-refractivity contribution in [2.45, 2.75) is 25.4 Å². The minimum Gasteiger partial charge on any atom is -0.378 e. The molecule has 0 atom stereocenters. The van der Waals surface area contributed by atoms with Crippen LogP contribution in [0.15, 0.2) is 30.5 Å². The summed E-state index contributed by atoms with van der Waals surface area (Å²) < 4.78 is 21.1. The molecule has 6 rings (SSSR count). The van der Waals surface area contributed by atoms with Crippen molar-refractivity contribution in [3.05, 3.63) is 41.2 Å². The van der Waals surface area contributed by atoms with Crippen molar-refractivity contribution in [2.75, 3.05) is 51.3 Å². The van der Waals surface area contributed by atoms with Gasteiger partial charge in [-0.15, -0.1) is 11.3 Å². The lowest BCUT2D eigenvalue weighted by atomic mass is 10.1. The number of fused-ring (bicyclic) bond motifs is 2. The molecular formula is C25H29FN6OS. The third-order valence-electron chi connectivity index (χ3n) is 6.97. The van der Waals surface area contributed by atoms with Crippen LogP contribution in [-0.4, -0.2) is 72.3 Å². The molecule has 0 unspecified atom stereocenters. The number of thiophene rings is 1. The summed E-state index contributed by atoms with van der Waals surface area (Å²) in [5, 5.41) is 4.33. The van der Waals surface area contributed by atoms with Crippen LogP contribution < -0.4 is 10.2 Å². The van der Waals surface area contributed by atoms with Crippen molar-refractivity contribution in [2.24, 2.45) is 0 Å². The highest BCUT2D eigenvalue weighted by atomic mass is 32.1. The maximum absolute atomic E-state index is 14.4. The van der Waals surface area contributed by atoms with E-state index in [1.165, 1.54) is 23.8 Å². The molecule has 9 heteroatoms. The second-order valence-corrected chi connectivity index (χ2v) is 10.3. The van der Waals surface area contributed by atoms with E-state index in [9.17, 15) is 4.39 Å². The number of hydrogen-bond acceptors (Lipinski definition) is 7. The van der Waals surface area contributed by atoms with E-state index in [1.807, 2.05) is 12.3 Å². The Hall–Kier alpha value is -2.59. The van der Waals surface area contributed by atoms with Crippen molar-refractivity contribution in [1.29, 1.82) is 0 Å². The summed E-state index contributed by atoms with van der Waals surface area (Å²) in [5.74, 6) is 1.20. The van der Waals surface area contributed by atoms with Gasteiger partial charge < -0.3 is 19.9 Å². The highest BCUT2D eigenvalue weighted by Gasteiger charge is 2.23. The van der Waals surface area contributed by atoms with Crippen LogP contribution in [0.3, 0.4) is 0 Å². The number of likely N-dealkylation sites (tertiary alicyclic amines) is 1. The van der Waals surface area contributed by atoms with Crippen LogP contribution in [0.4, 0.5) is 10.2 Å². The lowest BCUT2D eigenvalue weighted by Crippen LogP contribution is -2.40. The van der Waals surface area contributed by atoms with Crippen molar-refractivity contribution in [1.82, 2.24) is 25.2 Å². The van der Waals surface area contributed by atoms with E-state index >= 15 is 0 Å². The number of rotatable bonds is 5. The number of aromatic amines is 1. The van der Waals surface area contributed by atoms with Crippen LogP contribution in [0.5, 0.6) is 0 Å². The highest BCUT2D eigenvalue weighted by molar-refractivity contribution is 7.19. The predicted octanol–water partition coefficient (Wildman–Crippen LogP) is 4.00. The first-order valence-corrected chi connectivity index (χ1v) is 12.8. The lowest BCUT2D eigenvalue weighted by Gasteiger charge is -2.31. The maximum atomic E-state index is 14.4. The number of ether oxygens (including phenoxy) is 1. The Labute approximate surface area is 201 Å². The molecule has 2 fully saturated rings. The summed E-state index contributed by atoms with van der Waals surface area (Å²) in [6, 6.07) is 7.84. The first-order chi connectivity index (χ1) is 16.7. The Morgan fingerprint density at radius 2 is 1.97 bits per heavy atom. The van der Waals surface area contributed by atoms with Crippen molar-refractivity contribution >= 4 is 38.3 Å². The summed E-state index contributed by atoms with van der Waals surface area (Å²) in [5.41, 5.74) is 2.40. The SMILES string of the molecule is CNC1CCN(Cc2cc3nc(-c4cc(F)cc5[nH]ccc45)nc(N4CCOCC4)c3s2)CC1. The normalized spacial score (nSPS) is 18.4. The van der Waals surface area contributed by atoms with Crippen molar-refractivity contribution in [3.8, 4) is 11.4 Å². The fourth-order valence-corrected chi connectivity index (χ4v) is 6.22. The summed E-state index contributed by atoms with van der Waals surface area (Å²) in [7, 11) is 2.05. The minimum absolute atomic E-state index is 0.294. The van der Waals surface area contributed by atoms with E-state index < -0.39 is 0 Å².